The van der Waals surface area contributed by atoms with E-state index in [9.17, 15) is 0 Å². The predicted molar refractivity (Wildman–Crippen MR) is 79.6 cm³/mol. The van der Waals surface area contributed by atoms with Crippen LogP contribution in [-0.4, -0.2) is 7.05 Å². The summed E-state index contributed by atoms with van der Waals surface area (Å²) in [5, 5.41) is 11.9. The fourth-order valence-corrected chi connectivity index (χ4v) is 2.08. The highest BCUT2D eigenvalue weighted by Crippen LogP contribution is 2.24. The summed E-state index contributed by atoms with van der Waals surface area (Å²) in [7, 11) is 1.91. The second kappa shape index (κ2) is 7.32. The highest BCUT2D eigenvalue weighted by Gasteiger charge is 2.08. The number of rotatable bonds is 6. The van der Waals surface area contributed by atoms with Gasteiger partial charge in [-0.3, -0.25) is 0 Å². The number of nitrogens with one attached hydrogen (secondary N) is 1. The van der Waals surface area contributed by atoms with E-state index in [1.165, 1.54) is 5.56 Å². The van der Waals surface area contributed by atoms with E-state index in [0.717, 1.165) is 17.9 Å². The summed E-state index contributed by atoms with van der Waals surface area (Å²) in [5.41, 5.74) is 1.17. The molecule has 2 rings (SSSR count). The van der Waals surface area contributed by atoms with E-state index in [-0.39, 0.29) is 6.04 Å². The molecule has 0 saturated heterocycles. The lowest BCUT2D eigenvalue weighted by Gasteiger charge is -2.15. The maximum Gasteiger partial charge on any atom is 0.127 e. The van der Waals surface area contributed by atoms with Crippen molar-refractivity contribution in [3.05, 3.63) is 60.2 Å². The molecular weight excluding hydrogens is 248 g/mol. The zero-order chi connectivity index (χ0) is 14.2. The zero-order valence-electron chi connectivity index (χ0n) is 11.5. The molecule has 0 spiro atoms. The predicted octanol–water partition coefficient (Wildman–Crippen LogP) is 4.04. The summed E-state index contributed by atoms with van der Waals surface area (Å²) >= 11 is 0. The van der Waals surface area contributed by atoms with Crippen LogP contribution < -0.4 is 10.1 Å². The smallest absolute Gasteiger partial charge is 0.127 e. The molecule has 0 heterocycles. The van der Waals surface area contributed by atoms with Crippen LogP contribution in [0.25, 0.3) is 0 Å². The molecule has 0 aliphatic carbocycles. The van der Waals surface area contributed by atoms with Crippen molar-refractivity contribution in [1.82, 2.24) is 5.32 Å². The summed E-state index contributed by atoms with van der Waals surface area (Å²) < 4.78 is 5.76. The molecule has 0 radical (unpaired) electrons. The fraction of sp³-hybridized carbons (Fsp3) is 0.235. The number of ether oxygens (including phenoxy) is 1. The minimum atomic E-state index is 0.209. The summed E-state index contributed by atoms with van der Waals surface area (Å²) in [6, 6.07) is 20.1. The van der Waals surface area contributed by atoms with Crippen molar-refractivity contribution in [3.63, 3.8) is 0 Å². The molecule has 3 nitrogen and oxygen atoms in total. The largest absolute Gasteiger partial charge is 0.457 e. The van der Waals surface area contributed by atoms with Crippen LogP contribution in [-0.2, 0) is 0 Å². The Morgan fingerprint density at radius 1 is 1.05 bits per heavy atom. The third-order valence-electron chi connectivity index (χ3n) is 3.15. The third kappa shape index (κ3) is 3.84. The Bertz CT molecular complexity index is 558. The van der Waals surface area contributed by atoms with E-state index in [2.05, 4.69) is 11.4 Å². The first-order valence-electron chi connectivity index (χ1n) is 6.70. The Morgan fingerprint density at radius 3 is 2.30 bits per heavy atom. The molecule has 0 aromatic heterocycles. The second-order valence-electron chi connectivity index (χ2n) is 4.52. The molecule has 2 aromatic rings. The molecule has 3 heteroatoms. The van der Waals surface area contributed by atoms with Crippen molar-refractivity contribution in [1.29, 1.82) is 5.26 Å². The number of benzene rings is 2. The van der Waals surface area contributed by atoms with Gasteiger partial charge in [-0.15, -0.1) is 0 Å². The normalized spacial score (nSPS) is 11.6. The fourth-order valence-electron chi connectivity index (χ4n) is 2.08. The molecule has 0 fully saturated rings. The molecule has 0 aliphatic heterocycles. The first-order chi connectivity index (χ1) is 9.83. The van der Waals surface area contributed by atoms with Crippen LogP contribution in [0.3, 0.4) is 0 Å². The monoisotopic (exact) mass is 266 g/mol. The molecule has 1 atom stereocenters. The molecule has 1 N–H and O–H groups in total. The Hall–Kier alpha value is -2.31. The van der Waals surface area contributed by atoms with Gasteiger partial charge in [0.25, 0.3) is 0 Å². The van der Waals surface area contributed by atoms with Crippen LogP contribution in [0, 0.1) is 11.3 Å². The van der Waals surface area contributed by atoms with Crippen molar-refractivity contribution in [3.8, 4) is 17.6 Å². The van der Waals surface area contributed by atoms with Gasteiger partial charge in [0.2, 0.25) is 0 Å². The van der Waals surface area contributed by atoms with E-state index < -0.39 is 0 Å². The first-order valence-corrected chi connectivity index (χ1v) is 6.70. The van der Waals surface area contributed by atoms with Crippen molar-refractivity contribution in [2.75, 3.05) is 7.05 Å². The van der Waals surface area contributed by atoms with Crippen LogP contribution in [0.2, 0.25) is 0 Å². The van der Waals surface area contributed by atoms with Gasteiger partial charge in [0.05, 0.1) is 6.07 Å². The lowest BCUT2D eigenvalue weighted by molar-refractivity contribution is 0.481. The van der Waals surface area contributed by atoms with Gasteiger partial charge < -0.3 is 10.1 Å². The molecule has 0 aliphatic rings. The van der Waals surface area contributed by atoms with Crippen molar-refractivity contribution >= 4 is 0 Å². The molecule has 1 unspecified atom stereocenters. The molecule has 2 aromatic carbocycles. The van der Waals surface area contributed by atoms with Crippen molar-refractivity contribution in [2.45, 2.75) is 18.9 Å². The third-order valence-corrected chi connectivity index (χ3v) is 3.15. The maximum atomic E-state index is 8.67. The van der Waals surface area contributed by atoms with Crippen molar-refractivity contribution < 1.29 is 4.74 Å². The molecule has 20 heavy (non-hydrogen) atoms. The highest BCUT2D eigenvalue weighted by atomic mass is 16.5. The average molecular weight is 266 g/mol. The number of hydrogen-bond donors (Lipinski definition) is 1. The molecular formula is C17H18N2O. The Balaban J connectivity index is 2.04. The quantitative estimate of drug-likeness (QED) is 0.858. The van der Waals surface area contributed by atoms with Crippen LogP contribution in [0.1, 0.15) is 24.4 Å². The van der Waals surface area contributed by atoms with Crippen LogP contribution in [0.4, 0.5) is 0 Å². The topological polar surface area (TPSA) is 45.0 Å². The highest BCUT2D eigenvalue weighted by molar-refractivity contribution is 5.33. The van der Waals surface area contributed by atoms with Crippen molar-refractivity contribution in [2.24, 2.45) is 0 Å². The molecule has 0 amide bonds. The Labute approximate surface area is 119 Å². The molecule has 0 saturated carbocycles. The van der Waals surface area contributed by atoms with Crippen LogP contribution in [0.5, 0.6) is 11.5 Å². The van der Waals surface area contributed by atoms with Gasteiger partial charge in [0.1, 0.15) is 11.5 Å². The summed E-state index contributed by atoms with van der Waals surface area (Å²) in [5.74, 6) is 1.64. The lowest BCUT2D eigenvalue weighted by atomic mass is 10.0. The van der Waals surface area contributed by atoms with E-state index >= 15 is 0 Å². The van der Waals surface area contributed by atoms with Gasteiger partial charge in [0.15, 0.2) is 0 Å². The SMILES string of the molecule is CNC(CCC#N)c1ccc(Oc2ccccc2)cc1. The molecule has 102 valence electrons. The maximum absolute atomic E-state index is 8.67. The zero-order valence-corrected chi connectivity index (χ0v) is 11.5. The van der Waals surface area contributed by atoms with Crippen LogP contribution in [0.15, 0.2) is 54.6 Å². The number of para-hydroxylation sites is 1. The van der Waals surface area contributed by atoms with E-state index in [4.69, 9.17) is 10.00 Å². The second-order valence-corrected chi connectivity index (χ2v) is 4.52. The number of hydrogen-bond acceptors (Lipinski definition) is 3. The Kier molecular flexibility index (Phi) is 5.16. The van der Waals surface area contributed by atoms with Gasteiger partial charge >= 0.3 is 0 Å². The van der Waals surface area contributed by atoms with Gasteiger partial charge in [-0.25, -0.2) is 0 Å². The van der Waals surface area contributed by atoms with Gasteiger partial charge in [-0.1, -0.05) is 30.3 Å². The minimum absolute atomic E-state index is 0.209. The van der Waals surface area contributed by atoms with E-state index in [0.29, 0.717) is 6.42 Å². The average Bonchev–Trinajstić information content (AvgIpc) is 2.50. The summed E-state index contributed by atoms with van der Waals surface area (Å²) in [6.45, 7) is 0. The van der Waals surface area contributed by atoms with Gasteiger partial charge in [-0.2, -0.15) is 5.26 Å². The van der Waals surface area contributed by atoms with Gasteiger partial charge in [0, 0.05) is 12.5 Å². The summed E-state index contributed by atoms with van der Waals surface area (Å²) in [6.07, 6.45) is 1.36. The van der Waals surface area contributed by atoms with E-state index in [1.54, 1.807) is 0 Å². The molecule has 0 bridgehead atoms. The first kappa shape index (κ1) is 14.1. The van der Waals surface area contributed by atoms with Gasteiger partial charge in [-0.05, 0) is 43.3 Å². The minimum Gasteiger partial charge on any atom is -0.457 e. The summed E-state index contributed by atoms with van der Waals surface area (Å²) in [4.78, 5) is 0. The standard InChI is InChI=1S/C17H18N2O/c1-19-17(8-5-13-18)14-9-11-16(12-10-14)20-15-6-3-2-4-7-15/h2-4,6-7,9-12,17,19H,5,8H2,1H3. The van der Waals surface area contributed by atoms with E-state index in [1.807, 2.05) is 61.6 Å². The Morgan fingerprint density at radius 2 is 1.70 bits per heavy atom. The number of nitrogens with zero attached hydrogens (tertiary/aromatic N) is 1. The lowest BCUT2D eigenvalue weighted by Crippen LogP contribution is -2.15. The number of nitriles is 1. The van der Waals surface area contributed by atoms with Crippen LogP contribution >= 0.6 is 0 Å².